The monoisotopic (exact) mass is 287 g/mol. The predicted molar refractivity (Wildman–Crippen MR) is 18.9 cm³/mol. The van der Waals surface area contributed by atoms with Crippen molar-refractivity contribution >= 4 is 32.0 Å². The second-order valence-electron chi connectivity index (χ2n) is 0.346. The van der Waals surface area contributed by atoms with Gasteiger partial charge in [-0.3, -0.25) is 0 Å². The van der Waals surface area contributed by atoms with Crippen molar-refractivity contribution in [3.63, 3.8) is 0 Å². The van der Waals surface area contributed by atoms with Crippen LogP contribution in [0.3, 0.4) is 0 Å². The van der Waals surface area contributed by atoms with Gasteiger partial charge in [-0.05, 0) is 0 Å². The van der Waals surface area contributed by atoms with Gasteiger partial charge in [0.15, 0.2) is 0 Å². The molecular weight excluding hydrogens is 284 g/mol. The Morgan fingerprint density at radius 2 is 1.17 bits per heavy atom. The van der Waals surface area contributed by atoms with E-state index in [1.807, 2.05) is 0 Å². The number of rotatable bonds is 0. The fourth-order valence-corrected chi connectivity index (χ4v) is 0. The van der Waals surface area contributed by atoms with E-state index in [2.05, 4.69) is 0 Å². The first-order valence-electron chi connectivity index (χ1n) is 0.957. The van der Waals surface area contributed by atoms with Crippen LogP contribution in [0.5, 0.6) is 0 Å². The van der Waals surface area contributed by atoms with Crippen molar-refractivity contribution in [1.29, 1.82) is 0 Å². The molecule has 0 fully saturated rings. The Morgan fingerprint density at radius 3 is 1.17 bits per heavy atom. The van der Waals surface area contributed by atoms with Crippen LogP contribution in [-0.2, 0) is 2.81 Å². The minimum absolute atomic E-state index is 0.194. The molecule has 0 rings (SSSR count). The minimum atomic E-state index is -2.17. The second kappa shape index (κ2) is 9.16. The summed E-state index contributed by atoms with van der Waals surface area (Å²) in [5, 5.41) is 21.5. The summed E-state index contributed by atoms with van der Waals surface area (Å²) < 4.78 is 8.36. The average Bonchev–Trinajstić information content (AvgIpc) is 1.41. The quantitative estimate of drug-likeness (QED) is 0.429. The zero-order valence-electron chi connectivity index (χ0n) is 2.77. The van der Waals surface area contributed by atoms with Crippen LogP contribution < -0.4 is 0 Å². The molecule has 0 spiro atoms. The molecule has 6 heavy (non-hydrogen) atoms. The summed E-state index contributed by atoms with van der Waals surface area (Å²) in [5.41, 5.74) is 0. The van der Waals surface area contributed by atoms with Gasteiger partial charge in [-0.1, -0.05) is 0 Å². The van der Waals surface area contributed by atoms with Gasteiger partial charge < -0.3 is 15.1 Å². The van der Waals surface area contributed by atoms with Gasteiger partial charge in [-0.15, -0.1) is 0 Å². The van der Waals surface area contributed by atoms with Crippen molar-refractivity contribution in [2.45, 2.75) is 0 Å². The molecule has 0 amide bonds. The van der Waals surface area contributed by atoms with Crippen molar-refractivity contribution in [2.75, 3.05) is 0 Å². The van der Waals surface area contributed by atoms with Crippen LogP contribution in [0.4, 0.5) is 0 Å². The molecule has 0 heterocycles. The van der Waals surface area contributed by atoms with Gasteiger partial charge in [0, 0.05) is 0 Å². The van der Waals surface area contributed by atoms with Crippen LogP contribution in [0.15, 0.2) is 0 Å². The summed E-state index contributed by atoms with van der Waals surface area (Å²) in [7, 11) is -2.17. The van der Waals surface area contributed by atoms with Crippen LogP contribution in [0.25, 0.3) is 0 Å². The Kier molecular flexibility index (Phi) is 15.0. The van der Waals surface area contributed by atoms with Crippen molar-refractivity contribution in [2.24, 2.45) is 0 Å². The van der Waals surface area contributed by atoms with Gasteiger partial charge in [-0.2, -0.15) is 0 Å². The molecule has 0 aliphatic rings. The summed E-state index contributed by atoms with van der Waals surface area (Å²) in [6, 6.07) is 0. The number of hydrogen-bond donors (Lipinski definition) is 3. The van der Waals surface area contributed by atoms with E-state index >= 15 is 0 Å². The molecule has 0 saturated carbocycles. The Bertz CT molecular complexity index is 18.8. The van der Waals surface area contributed by atoms with E-state index in [-0.39, 0.29) is 24.7 Å². The predicted octanol–water partition coefficient (Wildman–Crippen LogP) is -2.55. The average molecular weight is 287 g/mol. The van der Waals surface area contributed by atoms with Crippen molar-refractivity contribution in [3.8, 4) is 0 Å². The summed E-state index contributed by atoms with van der Waals surface area (Å²) in [6.07, 6.45) is 0. The Labute approximate surface area is 50.3 Å². The molecular formula is H3BBiO4. The summed E-state index contributed by atoms with van der Waals surface area (Å²) in [6.45, 7) is 0. The molecule has 0 aromatic carbocycles. The van der Waals surface area contributed by atoms with Gasteiger partial charge in [0.1, 0.15) is 0 Å². The van der Waals surface area contributed by atoms with E-state index in [9.17, 15) is 0 Å². The standard InChI is InChI=1S/BH3O3.Bi.O/c2-1(3)4;;/h2-4H;;. The van der Waals surface area contributed by atoms with E-state index in [0.29, 0.717) is 0 Å². The molecule has 3 N–H and O–H groups in total. The summed E-state index contributed by atoms with van der Waals surface area (Å²) >= 11 is 0.194. The number of hydrogen-bond acceptors (Lipinski definition) is 4. The molecule has 0 aliphatic heterocycles. The van der Waals surface area contributed by atoms with Gasteiger partial charge in [0.2, 0.25) is 0 Å². The van der Waals surface area contributed by atoms with Crippen LogP contribution in [-0.4, -0.2) is 47.1 Å². The fraction of sp³-hybridized carbons (Fsp3) is 0. The Hall–Kier alpha value is 0.628. The van der Waals surface area contributed by atoms with E-state index in [4.69, 9.17) is 17.9 Å². The van der Waals surface area contributed by atoms with Crippen LogP contribution >= 0.6 is 0 Å². The third kappa shape index (κ3) is 154. The molecule has 0 aromatic rings. The third-order valence-corrected chi connectivity index (χ3v) is 0. The molecule has 0 bridgehead atoms. The van der Waals surface area contributed by atoms with E-state index in [0.717, 1.165) is 0 Å². The first-order chi connectivity index (χ1) is 2.73. The fourth-order valence-electron chi connectivity index (χ4n) is 0. The van der Waals surface area contributed by atoms with Crippen LogP contribution in [0, 0.1) is 0 Å². The van der Waals surface area contributed by atoms with E-state index in [1.54, 1.807) is 0 Å². The van der Waals surface area contributed by atoms with Crippen molar-refractivity contribution in [3.05, 3.63) is 0 Å². The Balaban J connectivity index is 0. The maximum atomic E-state index is 8.36. The topological polar surface area (TPSA) is 77.8 Å². The SMILES string of the molecule is OB(O)O.[O]=[Bi]. The van der Waals surface area contributed by atoms with E-state index < -0.39 is 7.32 Å². The van der Waals surface area contributed by atoms with Gasteiger partial charge in [0.25, 0.3) is 0 Å². The first kappa shape index (κ1) is 9.80. The maximum absolute atomic E-state index is 8.36. The molecule has 0 saturated heterocycles. The normalized spacial score (nSPS) is 5.17. The molecule has 6 heteroatoms. The molecule has 35 valence electrons. The Morgan fingerprint density at radius 1 is 1.17 bits per heavy atom. The summed E-state index contributed by atoms with van der Waals surface area (Å²) in [4.78, 5) is 0. The zero-order valence-corrected chi connectivity index (χ0v) is 6.25. The van der Waals surface area contributed by atoms with Crippen LogP contribution in [0.1, 0.15) is 0 Å². The van der Waals surface area contributed by atoms with Gasteiger partial charge in [0.05, 0.1) is 0 Å². The van der Waals surface area contributed by atoms with E-state index in [1.165, 1.54) is 0 Å². The second-order valence-corrected chi connectivity index (χ2v) is 0.346. The van der Waals surface area contributed by atoms with Crippen molar-refractivity contribution < 1.29 is 17.9 Å². The zero-order chi connectivity index (χ0) is 5.58. The first-order valence-corrected chi connectivity index (χ1v) is 2.38. The molecule has 0 atom stereocenters. The summed E-state index contributed by atoms with van der Waals surface area (Å²) in [5.74, 6) is 0. The molecule has 0 unspecified atom stereocenters. The van der Waals surface area contributed by atoms with Gasteiger partial charge >= 0.3 is 34.9 Å². The van der Waals surface area contributed by atoms with Crippen molar-refractivity contribution in [1.82, 2.24) is 0 Å². The molecule has 4 nitrogen and oxygen atoms in total. The molecule has 1 radical (unpaired) electrons. The van der Waals surface area contributed by atoms with Crippen LogP contribution in [0.2, 0.25) is 0 Å². The molecule has 0 aromatic heterocycles. The van der Waals surface area contributed by atoms with Gasteiger partial charge in [-0.25, -0.2) is 0 Å². The third-order valence-electron chi connectivity index (χ3n) is 0. The molecule has 0 aliphatic carbocycles.